The van der Waals surface area contributed by atoms with Gasteiger partial charge in [0.25, 0.3) is 11.6 Å². The molecule has 144 valence electrons. The normalized spacial score (nSPS) is 10.5. The van der Waals surface area contributed by atoms with Gasteiger partial charge < -0.3 is 14.1 Å². The lowest BCUT2D eigenvalue weighted by Gasteiger charge is -2.22. The van der Waals surface area contributed by atoms with E-state index in [-0.39, 0.29) is 37.1 Å². The van der Waals surface area contributed by atoms with Gasteiger partial charge in [-0.1, -0.05) is 12.1 Å². The van der Waals surface area contributed by atoms with Crippen molar-refractivity contribution in [1.29, 1.82) is 0 Å². The van der Waals surface area contributed by atoms with Crippen LogP contribution in [0, 0.1) is 15.9 Å². The van der Waals surface area contributed by atoms with Gasteiger partial charge in [0, 0.05) is 18.7 Å². The molecular formula is C20H17FN2O5. The van der Waals surface area contributed by atoms with Crippen molar-refractivity contribution in [3.63, 3.8) is 0 Å². The number of carbonyl (C=O) groups excluding carboxylic acids is 1. The van der Waals surface area contributed by atoms with E-state index in [1.54, 1.807) is 24.3 Å². The van der Waals surface area contributed by atoms with Crippen LogP contribution in [0.1, 0.15) is 11.3 Å². The minimum atomic E-state index is -0.511. The molecule has 0 radical (unpaired) electrons. The van der Waals surface area contributed by atoms with Crippen LogP contribution in [0.2, 0.25) is 0 Å². The van der Waals surface area contributed by atoms with E-state index in [0.29, 0.717) is 11.5 Å². The van der Waals surface area contributed by atoms with Gasteiger partial charge in [-0.3, -0.25) is 14.9 Å². The Balaban J connectivity index is 1.66. The maximum Gasteiger partial charge on any atom is 0.269 e. The molecule has 3 rings (SSSR count). The molecule has 0 atom stereocenters. The van der Waals surface area contributed by atoms with E-state index in [9.17, 15) is 19.3 Å². The van der Waals surface area contributed by atoms with E-state index in [1.807, 2.05) is 0 Å². The zero-order chi connectivity index (χ0) is 19.9. The summed E-state index contributed by atoms with van der Waals surface area (Å²) >= 11 is 0. The van der Waals surface area contributed by atoms with Gasteiger partial charge in [0.15, 0.2) is 6.61 Å². The molecule has 0 N–H and O–H groups in total. The maximum atomic E-state index is 13.1. The number of ether oxygens (including phenoxy) is 1. The topological polar surface area (TPSA) is 85.8 Å². The number of hydrogen-bond acceptors (Lipinski definition) is 5. The molecule has 7 nitrogen and oxygen atoms in total. The van der Waals surface area contributed by atoms with Gasteiger partial charge in [-0.25, -0.2) is 4.39 Å². The molecule has 3 aromatic rings. The number of hydrogen-bond donors (Lipinski definition) is 0. The average Bonchev–Trinajstić information content (AvgIpc) is 3.20. The summed E-state index contributed by atoms with van der Waals surface area (Å²) in [5.41, 5.74) is 0.700. The molecular weight excluding hydrogens is 367 g/mol. The fourth-order valence-electron chi connectivity index (χ4n) is 2.53. The molecule has 0 fully saturated rings. The lowest BCUT2D eigenvalue weighted by Crippen LogP contribution is -2.34. The van der Waals surface area contributed by atoms with Crippen LogP contribution in [0.4, 0.5) is 10.1 Å². The van der Waals surface area contributed by atoms with Gasteiger partial charge in [-0.2, -0.15) is 0 Å². The third-order valence-electron chi connectivity index (χ3n) is 3.98. The fraction of sp³-hybridized carbons (Fsp3) is 0.150. The van der Waals surface area contributed by atoms with Crippen molar-refractivity contribution < 1.29 is 23.3 Å². The van der Waals surface area contributed by atoms with Crippen molar-refractivity contribution >= 4 is 11.6 Å². The summed E-state index contributed by atoms with van der Waals surface area (Å²) in [6.07, 6.45) is 1.52. The number of nitro groups is 1. The standard InChI is InChI=1S/C20H17FN2O5/c21-16-5-3-15(4-6-16)12-22(13-19-2-1-11-27-19)20(24)14-28-18-9-7-17(8-10-18)23(25)26/h1-11H,12-14H2. The van der Waals surface area contributed by atoms with Crippen LogP contribution in [0.15, 0.2) is 71.3 Å². The number of nitrogens with zero attached hydrogens (tertiary/aromatic N) is 2. The van der Waals surface area contributed by atoms with E-state index in [4.69, 9.17) is 9.15 Å². The lowest BCUT2D eigenvalue weighted by molar-refractivity contribution is -0.384. The van der Waals surface area contributed by atoms with Gasteiger partial charge in [-0.15, -0.1) is 0 Å². The Bertz CT molecular complexity index is 924. The highest BCUT2D eigenvalue weighted by molar-refractivity contribution is 5.77. The molecule has 0 aliphatic heterocycles. The summed E-state index contributed by atoms with van der Waals surface area (Å²) in [6.45, 7) is 0.232. The highest BCUT2D eigenvalue weighted by Gasteiger charge is 2.17. The molecule has 1 aromatic heterocycles. The molecule has 0 aliphatic rings. The second-order valence-corrected chi connectivity index (χ2v) is 6.00. The zero-order valence-electron chi connectivity index (χ0n) is 14.8. The zero-order valence-corrected chi connectivity index (χ0v) is 14.8. The summed E-state index contributed by atoms with van der Waals surface area (Å²) in [7, 11) is 0. The van der Waals surface area contributed by atoms with E-state index < -0.39 is 4.92 Å². The molecule has 0 saturated heterocycles. The van der Waals surface area contributed by atoms with Crippen LogP contribution in [-0.4, -0.2) is 22.3 Å². The van der Waals surface area contributed by atoms with E-state index in [1.165, 1.54) is 47.6 Å². The van der Waals surface area contributed by atoms with Crippen molar-refractivity contribution in [3.8, 4) is 5.75 Å². The molecule has 0 spiro atoms. The molecule has 0 unspecified atom stereocenters. The summed E-state index contributed by atoms with van der Waals surface area (Å²) in [6, 6.07) is 14.8. The van der Waals surface area contributed by atoms with Gasteiger partial charge in [-0.05, 0) is 42.0 Å². The van der Waals surface area contributed by atoms with E-state index in [2.05, 4.69) is 0 Å². The quantitative estimate of drug-likeness (QED) is 0.434. The Labute approximate surface area is 160 Å². The number of furan rings is 1. The monoisotopic (exact) mass is 384 g/mol. The van der Waals surface area contributed by atoms with Crippen LogP contribution in [-0.2, 0) is 17.9 Å². The number of non-ortho nitro benzene ring substituents is 1. The first-order chi connectivity index (χ1) is 13.5. The lowest BCUT2D eigenvalue weighted by atomic mass is 10.2. The third kappa shape index (κ3) is 5.16. The minimum absolute atomic E-state index is 0.0607. The van der Waals surface area contributed by atoms with Crippen LogP contribution in [0.25, 0.3) is 0 Å². The first kappa shape index (κ1) is 19.1. The summed E-state index contributed by atoms with van der Waals surface area (Å²) in [5.74, 6) is 0.290. The molecule has 0 bridgehead atoms. The Kier molecular flexibility index (Phi) is 6.01. The Morgan fingerprint density at radius 2 is 1.79 bits per heavy atom. The number of carbonyl (C=O) groups is 1. The van der Waals surface area contributed by atoms with E-state index in [0.717, 1.165) is 5.56 Å². The Morgan fingerprint density at radius 3 is 2.39 bits per heavy atom. The molecule has 28 heavy (non-hydrogen) atoms. The third-order valence-corrected chi connectivity index (χ3v) is 3.98. The highest BCUT2D eigenvalue weighted by Crippen LogP contribution is 2.18. The largest absolute Gasteiger partial charge is 0.484 e. The smallest absolute Gasteiger partial charge is 0.269 e. The van der Waals surface area contributed by atoms with Crippen molar-refractivity contribution in [3.05, 3.63) is 94.2 Å². The summed E-state index contributed by atoms with van der Waals surface area (Å²) in [4.78, 5) is 24.4. The highest BCUT2D eigenvalue weighted by atomic mass is 19.1. The van der Waals surface area contributed by atoms with Gasteiger partial charge >= 0.3 is 0 Å². The second-order valence-electron chi connectivity index (χ2n) is 6.00. The first-order valence-electron chi connectivity index (χ1n) is 8.43. The molecule has 8 heteroatoms. The number of amides is 1. The number of benzene rings is 2. The second kappa shape index (κ2) is 8.81. The fourth-order valence-corrected chi connectivity index (χ4v) is 2.53. The van der Waals surface area contributed by atoms with Crippen LogP contribution < -0.4 is 4.74 Å². The molecule has 1 heterocycles. The predicted molar refractivity (Wildman–Crippen MR) is 98.0 cm³/mol. The Morgan fingerprint density at radius 1 is 1.07 bits per heavy atom. The average molecular weight is 384 g/mol. The number of halogens is 1. The van der Waals surface area contributed by atoms with Crippen molar-refractivity contribution in [2.75, 3.05) is 6.61 Å². The van der Waals surface area contributed by atoms with Crippen molar-refractivity contribution in [2.45, 2.75) is 13.1 Å². The van der Waals surface area contributed by atoms with E-state index >= 15 is 0 Å². The molecule has 0 aliphatic carbocycles. The number of rotatable bonds is 8. The molecule has 0 saturated carbocycles. The first-order valence-corrected chi connectivity index (χ1v) is 8.43. The van der Waals surface area contributed by atoms with Crippen LogP contribution in [0.5, 0.6) is 5.75 Å². The summed E-state index contributed by atoms with van der Waals surface area (Å²) in [5, 5.41) is 10.7. The SMILES string of the molecule is O=C(COc1ccc([N+](=O)[O-])cc1)N(Cc1ccc(F)cc1)Cc1ccco1. The van der Waals surface area contributed by atoms with Crippen LogP contribution >= 0.6 is 0 Å². The Hall–Kier alpha value is -3.68. The van der Waals surface area contributed by atoms with Crippen molar-refractivity contribution in [1.82, 2.24) is 4.90 Å². The van der Waals surface area contributed by atoms with Crippen LogP contribution in [0.3, 0.4) is 0 Å². The van der Waals surface area contributed by atoms with Gasteiger partial charge in [0.1, 0.15) is 17.3 Å². The molecule has 2 aromatic carbocycles. The molecule has 1 amide bonds. The van der Waals surface area contributed by atoms with Gasteiger partial charge in [0.2, 0.25) is 0 Å². The minimum Gasteiger partial charge on any atom is -0.484 e. The van der Waals surface area contributed by atoms with Crippen molar-refractivity contribution in [2.24, 2.45) is 0 Å². The predicted octanol–water partition coefficient (Wildman–Crippen LogP) is 3.93. The maximum absolute atomic E-state index is 13.1. The summed E-state index contributed by atoms with van der Waals surface area (Å²) < 4.78 is 23.9. The van der Waals surface area contributed by atoms with Gasteiger partial charge in [0.05, 0.1) is 17.7 Å². The number of nitro benzene ring substituents is 1.